The van der Waals surface area contributed by atoms with Crippen molar-refractivity contribution in [2.75, 3.05) is 10.6 Å². The monoisotopic (exact) mass is 395 g/mol. The number of aromatic nitrogens is 1. The lowest BCUT2D eigenvalue weighted by Gasteiger charge is -2.08. The van der Waals surface area contributed by atoms with Crippen LogP contribution >= 0.6 is 15.9 Å². The van der Waals surface area contributed by atoms with Gasteiger partial charge in [-0.15, -0.1) is 0 Å². The van der Waals surface area contributed by atoms with Crippen LogP contribution in [0.4, 0.5) is 17.2 Å². The molecule has 1 heterocycles. The molecule has 1 amide bonds. The quantitative estimate of drug-likeness (QED) is 0.633. The SMILES string of the molecule is Cc1ccc(CC(=O)Nc2ccc(Nc3ccc(Br)cc3)cn2)cc1. The van der Waals surface area contributed by atoms with Gasteiger partial charge in [-0.25, -0.2) is 4.98 Å². The van der Waals surface area contributed by atoms with Crippen LogP contribution in [-0.2, 0) is 11.2 Å². The first-order chi connectivity index (χ1) is 12.1. The van der Waals surface area contributed by atoms with Gasteiger partial charge in [-0.2, -0.15) is 0 Å². The highest BCUT2D eigenvalue weighted by molar-refractivity contribution is 9.10. The molecule has 0 fully saturated rings. The van der Waals surface area contributed by atoms with Crippen molar-refractivity contribution in [2.24, 2.45) is 0 Å². The third kappa shape index (κ3) is 5.16. The molecule has 0 aliphatic rings. The molecule has 126 valence electrons. The van der Waals surface area contributed by atoms with E-state index in [1.807, 2.05) is 61.5 Å². The second kappa shape index (κ2) is 7.94. The Morgan fingerprint density at radius 3 is 2.28 bits per heavy atom. The molecule has 0 radical (unpaired) electrons. The number of benzene rings is 2. The maximum absolute atomic E-state index is 12.1. The van der Waals surface area contributed by atoms with Gasteiger partial charge in [0.2, 0.25) is 5.91 Å². The van der Waals surface area contributed by atoms with Crippen LogP contribution in [0.25, 0.3) is 0 Å². The number of halogens is 1. The predicted molar refractivity (Wildman–Crippen MR) is 105 cm³/mol. The topological polar surface area (TPSA) is 54.0 Å². The number of rotatable bonds is 5. The maximum Gasteiger partial charge on any atom is 0.229 e. The number of carbonyl (C=O) groups excluding carboxylic acids is 1. The Kier molecular flexibility index (Phi) is 5.46. The Balaban J connectivity index is 1.57. The Labute approximate surface area is 155 Å². The molecule has 0 saturated carbocycles. The Morgan fingerprint density at radius 2 is 1.64 bits per heavy atom. The molecular weight excluding hydrogens is 378 g/mol. The van der Waals surface area contributed by atoms with Gasteiger partial charge in [0.15, 0.2) is 0 Å². The normalized spacial score (nSPS) is 10.3. The van der Waals surface area contributed by atoms with E-state index in [1.54, 1.807) is 12.3 Å². The fourth-order valence-corrected chi connectivity index (χ4v) is 2.58. The Hall–Kier alpha value is -2.66. The van der Waals surface area contributed by atoms with Crippen molar-refractivity contribution in [1.29, 1.82) is 0 Å². The molecule has 0 spiro atoms. The van der Waals surface area contributed by atoms with E-state index in [-0.39, 0.29) is 5.91 Å². The van der Waals surface area contributed by atoms with E-state index in [1.165, 1.54) is 5.56 Å². The fourth-order valence-electron chi connectivity index (χ4n) is 2.32. The van der Waals surface area contributed by atoms with Gasteiger partial charge in [0, 0.05) is 10.2 Å². The molecule has 0 unspecified atom stereocenters. The van der Waals surface area contributed by atoms with Gasteiger partial charge in [0.25, 0.3) is 0 Å². The average molecular weight is 396 g/mol. The van der Waals surface area contributed by atoms with E-state index >= 15 is 0 Å². The van der Waals surface area contributed by atoms with Crippen LogP contribution in [-0.4, -0.2) is 10.9 Å². The van der Waals surface area contributed by atoms with Gasteiger partial charge in [0.1, 0.15) is 5.82 Å². The van der Waals surface area contributed by atoms with E-state index in [0.717, 1.165) is 21.4 Å². The van der Waals surface area contributed by atoms with Crippen LogP contribution in [0.5, 0.6) is 0 Å². The minimum absolute atomic E-state index is 0.0787. The number of nitrogens with zero attached hydrogens (tertiary/aromatic N) is 1. The van der Waals surface area contributed by atoms with Gasteiger partial charge in [-0.3, -0.25) is 4.79 Å². The molecule has 0 atom stereocenters. The van der Waals surface area contributed by atoms with Crippen molar-refractivity contribution in [3.8, 4) is 0 Å². The number of hydrogen-bond donors (Lipinski definition) is 2. The second-order valence-electron chi connectivity index (χ2n) is 5.77. The summed E-state index contributed by atoms with van der Waals surface area (Å²) in [6.45, 7) is 2.03. The van der Waals surface area contributed by atoms with E-state index in [9.17, 15) is 4.79 Å². The zero-order valence-corrected chi connectivity index (χ0v) is 15.4. The summed E-state index contributed by atoms with van der Waals surface area (Å²) >= 11 is 3.41. The first-order valence-electron chi connectivity index (χ1n) is 7.92. The third-order valence-electron chi connectivity index (χ3n) is 3.65. The minimum Gasteiger partial charge on any atom is -0.354 e. The van der Waals surface area contributed by atoms with Crippen molar-refractivity contribution < 1.29 is 4.79 Å². The lowest BCUT2D eigenvalue weighted by atomic mass is 10.1. The van der Waals surface area contributed by atoms with Crippen molar-refractivity contribution >= 4 is 39.0 Å². The molecule has 2 aromatic carbocycles. The molecule has 0 aliphatic heterocycles. The average Bonchev–Trinajstić information content (AvgIpc) is 2.61. The third-order valence-corrected chi connectivity index (χ3v) is 4.18. The summed E-state index contributed by atoms with van der Waals surface area (Å²) < 4.78 is 1.03. The van der Waals surface area contributed by atoms with Crippen LogP contribution in [0.1, 0.15) is 11.1 Å². The molecule has 0 aliphatic carbocycles. The Morgan fingerprint density at radius 1 is 0.960 bits per heavy atom. The number of carbonyl (C=O) groups is 1. The van der Waals surface area contributed by atoms with Gasteiger partial charge >= 0.3 is 0 Å². The van der Waals surface area contributed by atoms with Gasteiger partial charge < -0.3 is 10.6 Å². The number of anilines is 3. The van der Waals surface area contributed by atoms with Crippen molar-refractivity contribution in [2.45, 2.75) is 13.3 Å². The highest BCUT2D eigenvalue weighted by Crippen LogP contribution is 2.19. The van der Waals surface area contributed by atoms with Crippen LogP contribution in [0.3, 0.4) is 0 Å². The van der Waals surface area contributed by atoms with Crippen LogP contribution < -0.4 is 10.6 Å². The summed E-state index contributed by atoms with van der Waals surface area (Å²) in [5.74, 6) is 0.462. The number of hydrogen-bond acceptors (Lipinski definition) is 3. The molecule has 1 aromatic heterocycles. The summed E-state index contributed by atoms with van der Waals surface area (Å²) in [4.78, 5) is 16.4. The summed E-state index contributed by atoms with van der Waals surface area (Å²) in [6, 6.07) is 19.5. The highest BCUT2D eigenvalue weighted by atomic mass is 79.9. The lowest BCUT2D eigenvalue weighted by Crippen LogP contribution is -2.15. The van der Waals surface area contributed by atoms with E-state index in [4.69, 9.17) is 0 Å². The molecule has 2 N–H and O–H groups in total. The van der Waals surface area contributed by atoms with Crippen molar-refractivity contribution in [1.82, 2.24) is 4.98 Å². The first kappa shape index (κ1) is 17.2. The standard InChI is InChI=1S/C20H18BrN3O/c1-14-2-4-15(5-3-14)12-20(25)24-19-11-10-18(13-22-19)23-17-8-6-16(21)7-9-17/h2-11,13,23H,12H2,1H3,(H,22,24,25). The smallest absolute Gasteiger partial charge is 0.229 e. The summed E-state index contributed by atoms with van der Waals surface area (Å²) in [5, 5.41) is 6.08. The van der Waals surface area contributed by atoms with E-state index in [0.29, 0.717) is 12.2 Å². The molecule has 0 bridgehead atoms. The molecule has 5 heteroatoms. The van der Waals surface area contributed by atoms with Gasteiger partial charge in [0.05, 0.1) is 18.3 Å². The number of amides is 1. The summed E-state index contributed by atoms with van der Waals surface area (Å²) in [6.07, 6.45) is 2.03. The summed E-state index contributed by atoms with van der Waals surface area (Å²) in [7, 11) is 0. The molecule has 0 saturated heterocycles. The number of pyridine rings is 1. The Bertz CT molecular complexity index is 844. The molecule has 25 heavy (non-hydrogen) atoms. The van der Waals surface area contributed by atoms with E-state index < -0.39 is 0 Å². The second-order valence-corrected chi connectivity index (χ2v) is 6.69. The molecular formula is C20H18BrN3O. The fraction of sp³-hybridized carbons (Fsp3) is 0.100. The van der Waals surface area contributed by atoms with Gasteiger partial charge in [-0.1, -0.05) is 45.8 Å². The molecule has 4 nitrogen and oxygen atoms in total. The predicted octanol–water partition coefficient (Wildman–Crippen LogP) is 5.08. The molecule has 3 rings (SSSR count). The minimum atomic E-state index is -0.0787. The number of nitrogens with one attached hydrogen (secondary N) is 2. The highest BCUT2D eigenvalue weighted by Gasteiger charge is 2.05. The van der Waals surface area contributed by atoms with Crippen molar-refractivity contribution in [3.63, 3.8) is 0 Å². The molecule has 3 aromatic rings. The maximum atomic E-state index is 12.1. The summed E-state index contributed by atoms with van der Waals surface area (Å²) in [5.41, 5.74) is 4.00. The zero-order chi connectivity index (χ0) is 17.6. The number of aryl methyl sites for hydroxylation is 1. The van der Waals surface area contributed by atoms with Crippen LogP contribution in [0, 0.1) is 6.92 Å². The van der Waals surface area contributed by atoms with Gasteiger partial charge in [-0.05, 0) is 48.9 Å². The van der Waals surface area contributed by atoms with E-state index in [2.05, 4.69) is 31.5 Å². The van der Waals surface area contributed by atoms with Crippen molar-refractivity contribution in [3.05, 3.63) is 82.5 Å². The zero-order valence-electron chi connectivity index (χ0n) is 13.8. The van der Waals surface area contributed by atoms with Crippen LogP contribution in [0.15, 0.2) is 71.3 Å². The van der Waals surface area contributed by atoms with Crippen LogP contribution in [0.2, 0.25) is 0 Å². The largest absolute Gasteiger partial charge is 0.354 e. The first-order valence-corrected chi connectivity index (χ1v) is 8.72. The lowest BCUT2D eigenvalue weighted by molar-refractivity contribution is -0.115.